The molecule has 3 nitrogen and oxygen atoms in total. The molecule has 0 heterocycles. The van der Waals surface area contributed by atoms with E-state index in [9.17, 15) is 4.55 Å². The van der Waals surface area contributed by atoms with Crippen LogP contribution in [0.25, 0.3) is 0 Å². The Balaban J connectivity index is 2.99. The first kappa shape index (κ1) is 11.2. The van der Waals surface area contributed by atoms with Gasteiger partial charge in [0.2, 0.25) is 0 Å². The molecule has 1 unspecified atom stereocenters. The van der Waals surface area contributed by atoms with E-state index in [4.69, 9.17) is 5.73 Å². The minimum atomic E-state index is -0.988. The molecule has 0 amide bonds. The van der Waals surface area contributed by atoms with E-state index in [2.05, 4.69) is 0 Å². The monoisotopic (exact) mass is 212 g/mol. The van der Waals surface area contributed by atoms with Gasteiger partial charge in [-0.1, -0.05) is 6.07 Å². The van der Waals surface area contributed by atoms with Crippen molar-refractivity contribution in [2.24, 2.45) is 0 Å². The van der Waals surface area contributed by atoms with E-state index in [-0.39, 0.29) is 0 Å². The molecule has 0 aliphatic heterocycles. The van der Waals surface area contributed by atoms with Gasteiger partial charge in [-0.15, -0.1) is 0 Å². The number of nitrogens with two attached hydrogens (primary N) is 1. The van der Waals surface area contributed by atoms with Gasteiger partial charge in [-0.05, 0) is 31.5 Å². The number of hydrogen-bond donors (Lipinski definition) is 1. The van der Waals surface area contributed by atoms with Crippen LogP contribution in [0.2, 0.25) is 0 Å². The second kappa shape index (κ2) is 4.57. The zero-order valence-electron chi connectivity index (χ0n) is 8.78. The van der Waals surface area contributed by atoms with E-state index >= 15 is 0 Å². The summed E-state index contributed by atoms with van der Waals surface area (Å²) in [4.78, 5) is 0. The summed E-state index contributed by atoms with van der Waals surface area (Å²) in [6, 6.07) is 5.73. The van der Waals surface area contributed by atoms with Gasteiger partial charge in [-0.3, -0.25) is 0 Å². The molecular weight excluding hydrogens is 196 g/mol. The van der Waals surface area contributed by atoms with Crippen molar-refractivity contribution in [3.8, 4) is 0 Å². The fourth-order valence-corrected chi connectivity index (χ4v) is 1.99. The largest absolute Gasteiger partial charge is 0.593 e. The Morgan fingerprint density at radius 2 is 2.14 bits per heavy atom. The van der Waals surface area contributed by atoms with Gasteiger partial charge in [-0.2, -0.15) is 4.31 Å². The number of nitrogens with zero attached hydrogens (tertiary/aromatic N) is 1. The topological polar surface area (TPSA) is 52.3 Å². The lowest BCUT2D eigenvalue weighted by atomic mass is 10.2. The summed E-state index contributed by atoms with van der Waals surface area (Å²) < 4.78 is 13.3. The summed E-state index contributed by atoms with van der Waals surface area (Å²) in [6.07, 6.45) is 0. The molecule has 0 spiro atoms. The number of rotatable bonds is 3. The Morgan fingerprint density at radius 1 is 1.50 bits per heavy atom. The predicted octanol–water partition coefficient (Wildman–Crippen LogP) is 1.70. The van der Waals surface area contributed by atoms with E-state index in [0.717, 1.165) is 11.3 Å². The van der Waals surface area contributed by atoms with Gasteiger partial charge in [0, 0.05) is 0 Å². The fourth-order valence-electron chi connectivity index (χ4n) is 1.23. The second-order valence-electron chi connectivity index (χ2n) is 3.17. The van der Waals surface area contributed by atoms with Crippen LogP contribution in [0.4, 0.5) is 11.4 Å². The highest BCUT2D eigenvalue weighted by Crippen LogP contribution is 2.25. The Labute approximate surface area is 88.2 Å². The molecule has 1 aromatic rings. The minimum Gasteiger partial charge on any atom is -0.593 e. The summed E-state index contributed by atoms with van der Waals surface area (Å²) in [5.41, 5.74) is 8.43. The zero-order chi connectivity index (χ0) is 10.7. The van der Waals surface area contributed by atoms with E-state index in [0.29, 0.717) is 11.4 Å². The fraction of sp³-hybridized carbons (Fsp3) is 0.400. The van der Waals surface area contributed by atoms with Crippen molar-refractivity contribution in [1.82, 2.24) is 0 Å². The van der Waals surface area contributed by atoms with Gasteiger partial charge in [0.05, 0.1) is 24.1 Å². The number of aryl methyl sites for hydroxylation is 1. The molecule has 0 saturated heterocycles. The van der Waals surface area contributed by atoms with Gasteiger partial charge in [0.1, 0.15) is 11.4 Å². The smallest absolute Gasteiger partial charge is 0.128 e. The maximum Gasteiger partial charge on any atom is 0.128 e. The standard InChI is InChI=1S/C10H16N2OS/c1-4-14(13)12(3)10-7-8(2)5-6-9(10)11/h5-7H,4,11H2,1-3H3. The molecule has 0 bridgehead atoms. The lowest BCUT2D eigenvalue weighted by Gasteiger charge is -2.22. The Morgan fingerprint density at radius 3 is 2.71 bits per heavy atom. The van der Waals surface area contributed by atoms with Crippen molar-refractivity contribution in [1.29, 1.82) is 0 Å². The summed E-state index contributed by atoms with van der Waals surface area (Å²) in [7, 11) is 1.80. The summed E-state index contributed by atoms with van der Waals surface area (Å²) in [6.45, 7) is 3.88. The van der Waals surface area contributed by atoms with Gasteiger partial charge in [-0.25, -0.2) is 0 Å². The molecule has 0 aliphatic rings. The van der Waals surface area contributed by atoms with Crippen molar-refractivity contribution in [3.63, 3.8) is 0 Å². The van der Waals surface area contributed by atoms with E-state index in [1.54, 1.807) is 11.4 Å². The average Bonchev–Trinajstić information content (AvgIpc) is 2.19. The third kappa shape index (κ3) is 2.33. The van der Waals surface area contributed by atoms with Crippen LogP contribution >= 0.6 is 0 Å². The van der Waals surface area contributed by atoms with Crippen LogP contribution in [0, 0.1) is 6.92 Å². The van der Waals surface area contributed by atoms with Crippen LogP contribution in [0.3, 0.4) is 0 Å². The quantitative estimate of drug-likeness (QED) is 0.613. The van der Waals surface area contributed by atoms with Crippen molar-refractivity contribution >= 4 is 22.7 Å². The van der Waals surface area contributed by atoms with Gasteiger partial charge < -0.3 is 10.3 Å². The van der Waals surface area contributed by atoms with Crippen LogP contribution in [0.15, 0.2) is 18.2 Å². The molecule has 0 aliphatic carbocycles. The zero-order valence-corrected chi connectivity index (χ0v) is 9.60. The van der Waals surface area contributed by atoms with Crippen LogP contribution in [-0.2, 0) is 11.4 Å². The SMILES string of the molecule is CC[S+]([O-])N(C)c1cc(C)ccc1N. The second-order valence-corrected chi connectivity index (χ2v) is 4.94. The highest BCUT2D eigenvalue weighted by molar-refractivity contribution is 7.92. The van der Waals surface area contributed by atoms with Crippen LogP contribution in [0.5, 0.6) is 0 Å². The number of nitrogen functional groups attached to an aromatic ring is 1. The average molecular weight is 212 g/mol. The molecule has 0 fully saturated rings. The molecule has 78 valence electrons. The Kier molecular flexibility index (Phi) is 3.66. The Bertz CT molecular complexity index is 317. The molecule has 1 rings (SSSR count). The third-order valence-electron chi connectivity index (χ3n) is 2.08. The first-order valence-electron chi connectivity index (χ1n) is 4.54. The number of anilines is 2. The van der Waals surface area contributed by atoms with Crippen molar-refractivity contribution in [2.45, 2.75) is 13.8 Å². The first-order chi connectivity index (χ1) is 6.56. The van der Waals surface area contributed by atoms with Crippen LogP contribution in [-0.4, -0.2) is 17.4 Å². The molecule has 0 saturated carbocycles. The minimum absolute atomic E-state index is 0.601. The molecule has 2 N–H and O–H groups in total. The van der Waals surface area contributed by atoms with Crippen molar-refractivity contribution in [3.05, 3.63) is 23.8 Å². The van der Waals surface area contributed by atoms with E-state index in [1.807, 2.05) is 32.0 Å². The Hall–Kier alpha value is -0.870. The highest BCUT2D eigenvalue weighted by atomic mass is 32.2. The molecular formula is C10H16N2OS. The van der Waals surface area contributed by atoms with E-state index < -0.39 is 11.4 Å². The lowest BCUT2D eigenvalue weighted by molar-refractivity contribution is 0.594. The summed E-state index contributed by atoms with van der Waals surface area (Å²) >= 11 is -0.988. The molecule has 1 aromatic carbocycles. The maximum absolute atomic E-state index is 11.6. The molecule has 4 heteroatoms. The van der Waals surface area contributed by atoms with Crippen LogP contribution in [0.1, 0.15) is 12.5 Å². The van der Waals surface area contributed by atoms with Gasteiger partial charge in [0.15, 0.2) is 0 Å². The first-order valence-corrected chi connectivity index (χ1v) is 5.82. The third-order valence-corrected chi connectivity index (χ3v) is 3.38. The predicted molar refractivity (Wildman–Crippen MR) is 62.7 cm³/mol. The number of hydrogen-bond acceptors (Lipinski definition) is 3. The summed E-state index contributed by atoms with van der Waals surface area (Å²) in [5.74, 6) is 0.601. The highest BCUT2D eigenvalue weighted by Gasteiger charge is 2.15. The van der Waals surface area contributed by atoms with Crippen molar-refractivity contribution in [2.75, 3.05) is 22.8 Å². The van der Waals surface area contributed by atoms with Crippen LogP contribution < -0.4 is 10.0 Å². The molecule has 0 radical (unpaired) electrons. The van der Waals surface area contributed by atoms with Gasteiger partial charge >= 0.3 is 0 Å². The van der Waals surface area contributed by atoms with E-state index in [1.165, 1.54) is 0 Å². The molecule has 1 atom stereocenters. The molecule has 14 heavy (non-hydrogen) atoms. The summed E-state index contributed by atoms with van der Waals surface area (Å²) in [5, 5.41) is 0. The molecule has 0 aromatic heterocycles. The van der Waals surface area contributed by atoms with Gasteiger partial charge in [0.25, 0.3) is 0 Å². The normalized spacial score (nSPS) is 12.6. The lowest BCUT2D eigenvalue weighted by Crippen LogP contribution is -2.28. The van der Waals surface area contributed by atoms with Crippen molar-refractivity contribution < 1.29 is 4.55 Å². The maximum atomic E-state index is 11.6. The number of benzene rings is 1.